The van der Waals surface area contributed by atoms with Gasteiger partial charge in [-0.05, 0) is 59.7 Å². The molecule has 4 heteroatoms. The Kier molecular flexibility index (Phi) is 6.49. The molecule has 134 valence electrons. The van der Waals surface area contributed by atoms with Gasteiger partial charge in [-0.1, -0.05) is 44.5 Å². The van der Waals surface area contributed by atoms with E-state index in [9.17, 15) is 9.90 Å². The number of carbonyl (C=O) groups excluding carboxylic acids is 1. The standard InChI is InChI=1S/C21H25ClO3/c1-5-16(23)12-25-17-8-14(4)19(20(22)11-17)10-15-6-7-21(24)18(9-15)13(2)3/h6-9,11,13,24H,5,10,12H2,1-4H3. The first kappa shape index (κ1) is 19.3. The zero-order chi connectivity index (χ0) is 18.6. The summed E-state index contributed by atoms with van der Waals surface area (Å²) in [4.78, 5) is 11.4. The number of hydrogen-bond donors (Lipinski definition) is 1. The molecule has 0 aliphatic heterocycles. The van der Waals surface area contributed by atoms with Crippen LogP contribution in [0.3, 0.4) is 0 Å². The topological polar surface area (TPSA) is 46.5 Å². The number of phenols is 1. The van der Waals surface area contributed by atoms with Gasteiger partial charge in [-0.15, -0.1) is 0 Å². The van der Waals surface area contributed by atoms with Crippen molar-refractivity contribution in [2.24, 2.45) is 0 Å². The second-order valence-electron chi connectivity index (χ2n) is 6.61. The lowest BCUT2D eigenvalue weighted by atomic mass is 9.95. The van der Waals surface area contributed by atoms with Crippen molar-refractivity contribution in [2.75, 3.05) is 6.61 Å². The van der Waals surface area contributed by atoms with Crippen LogP contribution in [0.4, 0.5) is 0 Å². The van der Waals surface area contributed by atoms with Gasteiger partial charge in [-0.25, -0.2) is 0 Å². The van der Waals surface area contributed by atoms with Crippen molar-refractivity contribution in [3.05, 3.63) is 57.6 Å². The molecule has 0 heterocycles. The van der Waals surface area contributed by atoms with Gasteiger partial charge in [0, 0.05) is 11.4 Å². The molecule has 2 rings (SSSR count). The van der Waals surface area contributed by atoms with Crippen LogP contribution in [0.5, 0.6) is 11.5 Å². The number of carbonyl (C=O) groups is 1. The number of ether oxygens (including phenoxy) is 1. The van der Waals surface area contributed by atoms with Crippen molar-refractivity contribution in [3.8, 4) is 11.5 Å². The monoisotopic (exact) mass is 360 g/mol. The summed E-state index contributed by atoms with van der Waals surface area (Å²) in [6.07, 6.45) is 1.14. The molecule has 0 aromatic heterocycles. The molecule has 25 heavy (non-hydrogen) atoms. The van der Waals surface area contributed by atoms with Crippen molar-refractivity contribution in [2.45, 2.75) is 46.5 Å². The lowest BCUT2D eigenvalue weighted by Gasteiger charge is -2.14. The molecule has 0 fully saturated rings. The van der Waals surface area contributed by atoms with Crippen molar-refractivity contribution in [1.29, 1.82) is 0 Å². The quantitative estimate of drug-likeness (QED) is 0.716. The van der Waals surface area contributed by atoms with Crippen LogP contribution in [0.15, 0.2) is 30.3 Å². The van der Waals surface area contributed by atoms with Crippen LogP contribution < -0.4 is 4.74 Å². The fourth-order valence-electron chi connectivity index (χ4n) is 2.70. The molecule has 0 saturated carbocycles. The van der Waals surface area contributed by atoms with E-state index in [1.54, 1.807) is 12.1 Å². The second-order valence-corrected chi connectivity index (χ2v) is 7.01. The summed E-state index contributed by atoms with van der Waals surface area (Å²) in [7, 11) is 0. The minimum atomic E-state index is 0.0585. The number of aromatic hydroxyl groups is 1. The van der Waals surface area contributed by atoms with Crippen LogP contribution in [-0.4, -0.2) is 17.5 Å². The van der Waals surface area contributed by atoms with Crippen LogP contribution >= 0.6 is 11.6 Å². The van der Waals surface area contributed by atoms with Gasteiger partial charge in [0.25, 0.3) is 0 Å². The third kappa shape index (κ3) is 4.99. The molecule has 0 radical (unpaired) electrons. The van der Waals surface area contributed by atoms with Gasteiger partial charge in [0.2, 0.25) is 0 Å². The highest BCUT2D eigenvalue weighted by molar-refractivity contribution is 6.31. The lowest BCUT2D eigenvalue weighted by molar-refractivity contribution is -0.120. The summed E-state index contributed by atoms with van der Waals surface area (Å²) in [6, 6.07) is 9.35. The number of Topliss-reactive ketones (excluding diaryl/α,β-unsaturated/α-hetero) is 1. The molecule has 0 bridgehead atoms. The van der Waals surface area contributed by atoms with E-state index in [-0.39, 0.29) is 18.3 Å². The molecule has 0 unspecified atom stereocenters. The second kappa shape index (κ2) is 8.39. The SMILES string of the molecule is CCC(=O)COc1cc(C)c(Cc2ccc(O)c(C(C)C)c2)c(Cl)c1. The largest absolute Gasteiger partial charge is 0.508 e. The first-order valence-electron chi connectivity index (χ1n) is 8.57. The number of aryl methyl sites for hydroxylation is 1. The minimum Gasteiger partial charge on any atom is -0.508 e. The van der Waals surface area contributed by atoms with Gasteiger partial charge in [-0.3, -0.25) is 4.79 Å². The number of ketones is 1. The number of benzene rings is 2. The lowest BCUT2D eigenvalue weighted by Crippen LogP contribution is -2.09. The van der Waals surface area contributed by atoms with Crippen molar-refractivity contribution < 1.29 is 14.6 Å². The van der Waals surface area contributed by atoms with E-state index >= 15 is 0 Å². The average molecular weight is 361 g/mol. The predicted octanol–water partition coefficient (Wildman–Crippen LogP) is 5.43. The molecule has 0 aliphatic rings. The summed E-state index contributed by atoms with van der Waals surface area (Å²) in [5.74, 6) is 1.25. The van der Waals surface area contributed by atoms with E-state index in [0.29, 0.717) is 29.4 Å². The maximum Gasteiger partial charge on any atom is 0.169 e. The van der Waals surface area contributed by atoms with Crippen LogP contribution in [0.25, 0.3) is 0 Å². The zero-order valence-electron chi connectivity index (χ0n) is 15.2. The van der Waals surface area contributed by atoms with Gasteiger partial charge in [0.1, 0.15) is 18.1 Å². The fourth-order valence-corrected chi connectivity index (χ4v) is 3.02. The molecular formula is C21H25ClO3. The summed E-state index contributed by atoms with van der Waals surface area (Å²) in [5, 5.41) is 10.6. The highest BCUT2D eigenvalue weighted by atomic mass is 35.5. The van der Waals surface area contributed by atoms with Crippen molar-refractivity contribution >= 4 is 17.4 Å². The molecule has 0 saturated heterocycles. The Hall–Kier alpha value is -2.00. The Balaban J connectivity index is 2.23. The van der Waals surface area contributed by atoms with Gasteiger partial charge >= 0.3 is 0 Å². The summed E-state index contributed by atoms with van der Waals surface area (Å²) in [6.45, 7) is 7.98. The first-order valence-corrected chi connectivity index (χ1v) is 8.94. The zero-order valence-corrected chi connectivity index (χ0v) is 16.0. The average Bonchev–Trinajstić information content (AvgIpc) is 2.57. The Morgan fingerprint density at radius 2 is 1.96 bits per heavy atom. The Morgan fingerprint density at radius 1 is 1.24 bits per heavy atom. The van der Waals surface area contributed by atoms with E-state index in [2.05, 4.69) is 13.8 Å². The van der Waals surface area contributed by atoms with Gasteiger partial charge in [0.15, 0.2) is 5.78 Å². The summed E-state index contributed by atoms with van der Waals surface area (Å²) >= 11 is 6.45. The Morgan fingerprint density at radius 3 is 2.56 bits per heavy atom. The highest BCUT2D eigenvalue weighted by Crippen LogP contribution is 2.31. The van der Waals surface area contributed by atoms with Crippen molar-refractivity contribution in [1.82, 2.24) is 0 Å². The van der Waals surface area contributed by atoms with E-state index in [4.69, 9.17) is 16.3 Å². The third-order valence-electron chi connectivity index (χ3n) is 4.28. The molecular weight excluding hydrogens is 336 g/mol. The molecule has 0 atom stereocenters. The maximum atomic E-state index is 11.4. The Bertz CT molecular complexity index is 743. The number of rotatable bonds is 7. The third-order valence-corrected chi connectivity index (χ3v) is 4.62. The van der Waals surface area contributed by atoms with Crippen LogP contribution in [-0.2, 0) is 11.2 Å². The van der Waals surface area contributed by atoms with E-state index in [1.807, 2.05) is 32.0 Å². The maximum absolute atomic E-state index is 11.4. The van der Waals surface area contributed by atoms with E-state index < -0.39 is 0 Å². The van der Waals surface area contributed by atoms with Crippen LogP contribution in [0.1, 0.15) is 55.4 Å². The van der Waals surface area contributed by atoms with Crippen molar-refractivity contribution in [3.63, 3.8) is 0 Å². The predicted molar refractivity (Wildman–Crippen MR) is 102 cm³/mol. The first-order chi connectivity index (χ1) is 11.8. The number of hydrogen-bond acceptors (Lipinski definition) is 3. The van der Waals surface area contributed by atoms with E-state index in [1.165, 1.54) is 0 Å². The van der Waals surface area contributed by atoms with E-state index in [0.717, 1.165) is 22.3 Å². The molecule has 0 amide bonds. The summed E-state index contributed by atoms with van der Waals surface area (Å²) < 4.78 is 5.52. The van der Waals surface area contributed by atoms with Gasteiger partial charge < -0.3 is 9.84 Å². The van der Waals surface area contributed by atoms with Gasteiger partial charge in [0.05, 0.1) is 0 Å². The summed E-state index contributed by atoms with van der Waals surface area (Å²) in [5.41, 5.74) is 4.08. The fraction of sp³-hybridized carbons (Fsp3) is 0.381. The normalized spacial score (nSPS) is 11.0. The number of halogens is 1. The van der Waals surface area contributed by atoms with Gasteiger partial charge in [-0.2, -0.15) is 0 Å². The highest BCUT2D eigenvalue weighted by Gasteiger charge is 2.12. The molecule has 2 aromatic rings. The number of phenolic OH excluding ortho intramolecular Hbond substituents is 1. The molecule has 2 aromatic carbocycles. The molecule has 1 N–H and O–H groups in total. The molecule has 0 spiro atoms. The Labute approximate surface area is 154 Å². The minimum absolute atomic E-state index is 0.0585. The van der Waals surface area contributed by atoms with Crippen LogP contribution in [0, 0.1) is 6.92 Å². The van der Waals surface area contributed by atoms with Crippen LogP contribution in [0.2, 0.25) is 5.02 Å². The molecule has 3 nitrogen and oxygen atoms in total. The molecule has 0 aliphatic carbocycles. The smallest absolute Gasteiger partial charge is 0.169 e.